The molecule has 0 saturated heterocycles. The van der Waals surface area contributed by atoms with Crippen LogP contribution in [0.2, 0.25) is 0 Å². The molecule has 0 aliphatic carbocycles. The Kier molecular flexibility index (Phi) is 26.9. The number of unbranched alkanes of at least 4 members (excludes halogenated alkanes) is 3. The van der Waals surface area contributed by atoms with E-state index in [0.29, 0.717) is 7.92 Å². The Morgan fingerprint density at radius 1 is 0.542 bits per heavy atom. The first-order chi connectivity index (χ1) is 10.3. The zero-order valence-electron chi connectivity index (χ0n) is 14.3. The van der Waals surface area contributed by atoms with Crippen LogP contribution in [-0.4, -0.2) is 33.0 Å². The van der Waals surface area contributed by atoms with Gasteiger partial charge in [0.25, 0.3) is 0 Å². The third-order valence-corrected chi connectivity index (χ3v) is 5.33. The number of hydrogen-bond donors (Lipinski definition) is 0. The van der Waals surface area contributed by atoms with Gasteiger partial charge in [-0.15, -0.1) is 7.92 Å². The number of hydrogen-bond acceptors (Lipinski definition) is 0. The van der Waals surface area contributed by atoms with Crippen LogP contribution in [-0.2, 0) is 20.4 Å². The molecule has 0 aromatic rings. The molecule has 0 aliphatic heterocycles. The monoisotopic (exact) mass is 482 g/mol. The fourth-order valence-electron chi connectivity index (χ4n) is 1.48. The molecule has 152 valence electrons. The molecule has 0 spiro atoms. The second-order valence-electron chi connectivity index (χ2n) is 4.89. The van der Waals surface area contributed by atoms with Crippen molar-refractivity contribution < 1.29 is 54.9 Å². The topological polar surface area (TPSA) is 0 Å². The van der Waals surface area contributed by atoms with Crippen LogP contribution in [0, 0.1) is 0 Å². The first-order valence-electron chi connectivity index (χ1n) is 7.82. The van der Waals surface area contributed by atoms with Crippen LogP contribution in [0.4, 0.5) is 34.5 Å². The second kappa shape index (κ2) is 20.0. The van der Waals surface area contributed by atoms with Gasteiger partial charge in [0.2, 0.25) is 0 Å². The van der Waals surface area contributed by atoms with Crippen LogP contribution >= 0.6 is 7.92 Å². The van der Waals surface area contributed by atoms with E-state index in [1.54, 1.807) is 18.5 Å². The van der Waals surface area contributed by atoms with E-state index in [4.69, 9.17) is 0 Å². The quantitative estimate of drug-likeness (QED) is 0.182. The summed E-state index contributed by atoms with van der Waals surface area (Å²) in [5.41, 5.74) is 0. The maximum atomic E-state index is 9.75. The molecule has 0 aromatic heterocycles. The van der Waals surface area contributed by atoms with E-state index in [-0.39, 0.29) is 20.4 Å². The van der Waals surface area contributed by atoms with Crippen molar-refractivity contribution in [2.45, 2.75) is 59.3 Å². The molecule has 0 N–H and O–H groups in total. The summed E-state index contributed by atoms with van der Waals surface area (Å²) in [6.45, 7) is 6.94. The summed E-state index contributed by atoms with van der Waals surface area (Å²) in [5.74, 6) is 0. The van der Waals surface area contributed by atoms with Crippen LogP contribution in [0.3, 0.4) is 0 Å². The van der Waals surface area contributed by atoms with Crippen molar-refractivity contribution in [3.63, 3.8) is 0 Å². The van der Waals surface area contributed by atoms with Crippen molar-refractivity contribution in [2.24, 2.45) is 0 Å². The van der Waals surface area contributed by atoms with E-state index in [2.05, 4.69) is 20.8 Å². The van der Waals surface area contributed by atoms with Crippen molar-refractivity contribution in [1.29, 1.82) is 0 Å². The summed E-state index contributed by atoms with van der Waals surface area (Å²) < 4.78 is 78.0. The van der Waals surface area contributed by atoms with Crippen LogP contribution in [0.25, 0.3) is 0 Å². The van der Waals surface area contributed by atoms with Gasteiger partial charge in [-0.1, -0.05) is 40.0 Å². The third-order valence-electron chi connectivity index (χ3n) is 2.48. The molecule has 0 aromatic carbocycles. The van der Waals surface area contributed by atoms with Crippen molar-refractivity contribution >= 4 is 22.4 Å². The molecule has 0 aliphatic rings. The molecule has 0 nitrogen and oxygen atoms in total. The number of halogens is 8. The maximum Gasteiger partial charge on any atom is 2.00 e. The summed E-state index contributed by atoms with van der Waals surface area (Å²) in [4.78, 5) is 0. The van der Waals surface area contributed by atoms with Gasteiger partial charge in [0.05, 0.1) is 0 Å². The van der Waals surface area contributed by atoms with Crippen LogP contribution < -0.4 is 0 Å². The molecule has 24 heavy (non-hydrogen) atoms. The molecular formula is C12H27B2F8PPd. The SMILES string of the molecule is CCCCP(CCCC)CCCC.F[B-](F)(F)F.F[B-](F)(F)F.[Pd+2]. The normalized spacial score (nSPS) is 11.0. The summed E-state index contributed by atoms with van der Waals surface area (Å²) in [6.07, 6.45) is 13.2. The van der Waals surface area contributed by atoms with Gasteiger partial charge in [0.15, 0.2) is 0 Å². The Morgan fingerprint density at radius 3 is 0.833 bits per heavy atom. The third kappa shape index (κ3) is 66.3. The molecule has 0 fully saturated rings. The predicted octanol–water partition coefficient (Wildman–Crippen LogP) is 7.47. The van der Waals surface area contributed by atoms with Crippen molar-refractivity contribution in [1.82, 2.24) is 0 Å². The summed E-state index contributed by atoms with van der Waals surface area (Å²) >= 11 is 0. The molecule has 0 saturated carbocycles. The fraction of sp³-hybridized carbons (Fsp3) is 1.00. The predicted molar refractivity (Wildman–Crippen MR) is 86.6 cm³/mol. The number of rotatable bonds is 9. The molecule has 12 heteroatoms. The Bertz CT molecular complexity index is 199. The average Bonchev–Trinajstić information content (AvgIpc) is 2.34. The van der Waals surface area contributed by atoms with Crippen molar-refractivity contribution in [3.8, 4) is 0 Å². The van der Waals surface area contributed by atoms with Crippen molar-refractivity contribution in [2.75, 3.05) is 18.5 Å². The van der Waals surface area contributed by atoms with E-state index in [1.165, 1.54) is 38.5 Å². The Balaban J connectivity index is -0.000000151. The summed E-state index contributed by atoms with van der Waals surface area (Å²) in [7, 11) is -11.6. The van der Waals surface area contributed by atoms with Gasteiger partial charge in [-0.3, -0.25) is 0 Å². The molecule has 0 unspecified atom stereocenters. The van der Waals surface area contributed by atoms with Crippen LogP contribution in [0.5, 0.6) is 0 Å². The van der Waals surface area contributed by atoms with Gasteiger partial charge in [0, 0.05) is 0 Å². The molecular weight excluding hydrogens is 455 g/mol. The largest absolute Gasteiger partial charge is 2.00 e. The minimum absolute atomic E-state index is 0. The van der Waals surface area contributed by atoms with Crippen molar-refractivity contribution in [3.05, 3.63) is 0 Å². The van der Waals surface area contributed by atoms with Gasteiger partial charge in [-0.25, -0.2) is 0 Å². The van der Waals surface area contributed by atoms with Crippen LogP contribution in [0.15, 0.2) is 0 Å². The second-order valence-corrected chi connectivity index (χ2v) is 7.58. The van der Waals surface area contributed by atoms with E-state index in [9.17, 15) is 34.5 Å². The molecule has 0 rings (SSSR count). The molecule has 0 radical (unpaired) electrons. The van der Waals surface area contributed by atoms with Gasteiger partial charge in [-0.2, -0.15) is 0 Å². The van der Waals surface area contributed by atoms with E-state index < -0.39 is 14.5 Å². The van der Waals surface area contributed by atoms with E-state index in [0.717, 1.165) is 0 Å². The van der Waals surface area contributed by atoms with Gasteiger partial charge in [-0.05, 0) is 37.7 Å². The standard InChI is InChI=1S/C12H27P.2BF4.Pd/c1-4-7-10-13(11-8-5-2)12-9-6-3;2*2-1(3,4)5;/h4-12H2,1-3H3;;;/q;2*-1;+2. The average molecular weight is 482 g/mol. The molecule has 0 amide bonds. The first kappa shape index (κ1) is 32.3. The smallest absolute Gasteiger partial charge is 0.418 e. The van der Waals surface area contributed by atoms with Gasteiger partial charge >= 0.3 is 34.9 Å². The minimum atomic E-state index is -6.00. The van der Waals surface area contributed by atoms with E-state index in [1.807, 2.05) is 0 Å². The zero-order chi connectivity index (χ0) is 18.9. The van der Waals surface area contributed by atoms with E-state index >= 15 is 0 Å². The maximum absolute atomic E-state index is 9.75. The fourth-order valence-corrected chi connectivity index (χ4v) is 4.44. The van der Waals surface area contributed by atoms with Gasteiger partial charge in [0.1, 0.15) is 0 Å². The van der Waals surface area contributed by atoms with Crippen LogP contribution in [0.1, 0.15) is 59.3 Å². The molecule has 0 atom stereocenters. The Labute approximate surface area is 155 Å². The molecule has 0 bridgehead atoms. The summed E-state index contributed by atoms with van der Waals surface area (Å²) in [6, 6.07) is 0. The van der Waals surface area contributed by atoms with Gasteiger partial charge < -0.3 is 34.5 Å². The Hall–Kier alpha value is 0.662. The zero-order valence-corrected chi connectivity index (χ0v) is 16.8. The minimum Gasteiger partial charge on any atom is -0.418 e. The molecule has 0 heterocycles. The summed E-state index contributed by atoms with van der Waals surface area (Å²) in [5, 5.41) is 0. The Morgan fingerprint density at radius 2 is 0.708 bits per heavy atom. The first-order valence-corrected chi connectivity index (χ1v) is 9.71.